The Labute approximate surface area is 148 Å². The van der Waals surface area contributed by atoms with Crippen molar-refractivity contribution in [3.05, 3.63) is 59.7 Å². The zero-order valence-corrected chi connectivity index (χ0v) is 14.7. The van der Waals surface area contributed by atoms with Gasteiger partial charge in [0.2, 0.25) is 0 Å². The third kappa shape index (κ3) is 4.12. The predicted octanol–water partition coefficient (Wildman–Crippen LogP) is 4.21. The summed E-state index contributed by atoms with van der Waals surface area (Å²) in [4.78, 5) is 14.7. The van der Waals surface area contributed by atoms with Crippen LogP contribution < -0.4 is 10.1 Å². The minimum atomic E-state index is -0.0695. The molecule has 25 heavy (non-hydrogen) atoms. The Kier molecular flexibility index (Phi) is 5.56. The first-order valence-electron chi connectivity index (χ1n) is 8.50. The lowest BCUT2D eigenvalue weighted by molar-refractivity contribution is 0.185. The number of amides is 2. The number of hydrogen-bond donors (Lipinski definition) is 1. The van der Waals surface area contributed by atoms with Crippen molar-refractivity contribution in [1.29, 1.82) is 0 Å². The average Bonchev–Trinajstić information content (AvgIpc) is 3.12. The van der Waals surface area contributed by atoms with Crippen LogP contribution in [0.15, 0.2) is 48.5 Å². The average molecular weight is 340 g/mol. The molecule has 5 nitrogen and oxygen atoms in total. The van der Waals surface area contributed by atoms with Gasteiger partial charge in [-0.1, -0.05) is 24.3 Å². The molecule has 1 atom stereocenters. The van der Waals surface area contributed by atoms with Crippen LogP contribution in [0, 0.1) is 0 Å². The van der Waals surface area contributed by atoms with E-state index in [1.54, 1.807) is 14.2 Å². The Morgan fingerprint density at radius 1 is 1.20 bits per heavy atom. The molecule has 1 heterocycles. The van der Waals surface area contributed by atoms with Crippen molar-refractivity contribution in [1.82, 2.24) is 4.90 Å². The Hall–Kier alpha value is -2.53. The summed E-state index contributed by atoms with van der Waals surface area (Å²) in [5.41, 5.74) is 2.93. The molecule has 1 aliphatic heterocycles. The molecule has 0 saturated carbocycles. The Morgan fingerprint density at radius 3 is 2.84 bits per heavy atom. The van der Waals surface area contributed by atoms with Crippen molar-refractivity contribution in [2.24, 2.45) is 0 Å². The maximum Gasteiger partial charge on any atom is 0.322 e. The fourth-order valence-corrected chi connectivity index (χ4v) is 3.31. The smallest absolute Gasteiger partial charge is 0.322 e. The summed E-state index contributed by atoms with van der Waals surface area (Å²) in [6.07, 6.45) is 1.96. The monoisotopic (exact) mass is 340 g/mol. The van der Waals surface area contributed by atoms with E-state index in [4.69, 9.17) is 9.47 Å². The highest BCUT2D eigenvalue weighted by molar-refractivity contribution is 5.89. The van der Waals surface area contributed by atoms with Crippen molar-refractivity contribution in [2.45, 2.75) is 25.5 Å². The predicted molar refractivity (Wildman–Crippen MR) is 97.8 cm³/mol. The van der Waals surface area contributed by atoms with Gasteiger partial charge in [-0.3, -0.25) is 0 Å². The molecule has 3 rings (SSSR count). The van der Waals surface area contributed by atoms with E-state index in [0.717, 1.165) is 42.0 Å². The van der Waals surface area contributed by atoms with E-state index in [1.165, 1.54) is 0 Å². The summed E-state index contributed by atoms with van der Waals surface area (Å²) < 4.78 is 10.5. The van der Waals surface area contributed by atoms with E-state index < -0.39 is 0 Å². The molecular formula is C20H24N2O3. The topological polar surface area (TPSA) is 50.8 Å². The normalized spacial score (nSPS) is 16.7. The molecule has 0 radical (unpaired) electrons. The Morgan fingerprint density at radius 2 is 2.04 bits per heavy atom. The van der Waals surface area contributed by atoms with Gasteiger partial charge in [0.1, 0.15) is 5.75 Å². The quantitative estimate of drug-likeness (QED) is 0.887. The first-order valence-corrected chi connectivity index (χ1v) is 8.50. The van der Waals surface area contributed by atoms with Gasteiger partial charge < -0.3 is 19.7 Å². The molecular weight excluding hydrogens is 316 g/mol. The number of carbonyl (C=O) groups excluding carboxylic acids is 1. The molecule has 0 aliphatic carbocycles. The van der Waals surface area contributed by atoms with Crippen molar-refractivity contribution < 1.29 is 14.3 Å². The SMILES string of the molecule is COCc1cccc(NC(=O)N2CCCC2c2cccc(OC)c2)c1. The molecule has 132 valence electrons. The van der Waals surface area contributed by atoms with Crippen LogP contribution in [0.5, 0.6) is 5.75 Å². The number of urea groups is 1. The van der Waals surface area contributed by atoms with E-state index >= 15 is 0 Å². The lowest BCUT2D eigenvalue weighted by atomic mass is 10.0. The van der Waals surface area contributed by atoms with Crippen molar-refractivity contribution in [3.8, 4) is 5.75 Å². The van der Waals surface area contributed by atoms with Crippen LogP contribution in [0.2, 0.25) is 0 Å². The third-order valence-electron chi connectivity index (χ3n) is 4.48. The number of ether oxygens (including phenoxy) is 2. The van der Waals surface area contributed by atoms with E-state index in [0.29, 0.717) is 6.61 Å². The first-order chi connectivity index (χ1) is 12.2. The molecule has 1 fully saturated rings. The number of likely N-dealkylation sites (tertiary alicyclic amines) is 1. The number of nitrogens with zero attached hydrogens (tertiary/aromatic N) is 1. The maximum atomic E-state index is 12.8. The molecule has 0 aromatic heterocycles. The summed E-state index contributed by atoms with van der Waals surface area (Å²) in [5.74, 6) is 0.817. The molecule has 2 amide bonds. The number of benzene rings is 2. The number of carbonyl (C=O) groups is 1. The van der Waals surface area contributed by atoms with Crippen LogP contribution in [-0.4, -0.2) is 31.7 Å². The van der Waals surface area contributed by atoms with Gasteiger partial charge in [0.05, 0.1) is 19.8 Å². The minimum Gasteiger partial charge on any atom is -0.497 e. The number of rotatable bonds is 5. The van der Waals surface area contributed by atoms with Crippen LogP contribution in [0.3, 0.4) is 0 Å². The molecule has 1 aliphatic rings. The zero-order chi connectivity index (χ0) is 17.6. The highest BCUT2D eigenvalue weighted by Crippen LogP contribution is 2.33. The lowest BCUT2D eigenvalue weighted by Gasteiger charge is -2.25. The van der Waals surface area contributed by atoms with Gasteiger partial charge >= 0.3 is 6.03 Å². The second kappa shape index (κ2) is 8.03. The van der Waals surface area contributed by atoms with Gasteiger partial charge in [-0.2, -0.15) is 0 Å². The van der Waals surface area contributed by atoms with Crippen LogP contribution in [0.1, 0.15) is 30.0 Å². The van der Waals surface area contributed by atoms with Gasteiger partial charge in [-0.15, -0.1) is 0 Å². The molecule has 0 spiro atoms. The number of nitrogens with one attached hydrogen (secondary N) is 1. The van der Waals surface area contributed by atoms with Crippen molar-refractivity contribution in [2.75, 3.05) is 26.1 Å². The second-order valence-electron chi connectivity index (χ2n) is 6.19. The maximum absolute atomic E-state index is 12.8. The van der Waals surface area contributed by atoms with Gasteiger partial charge in [-0.05, 0) is 48.2 Å². The molecule has 1 N–H and O–H groups in total. The van der Waals surface area contributed by atoms with Crippen LogP contribution in [-0.2, 0) is 11.3 Å². The Balaban J connectivity index is 1.73. The van der Waals surface area contributed by atoms with Gasteiger partial charge in [0.25, 0.3) is 0 Å². The summed E-state index contributed by atoms with van der Waals surface area (Å²) >= 11 is 0. The molecule has 1 unspecified atom stereocenters. The minimum absolute atomic E-state index is 0.0695. The van der Waals surface area contributed by atoms with E-state index in [1.807, 2.05) is 47.4 Å². The van der Waals surface area contributed by atoms with Crippen molar-refractivity contribution >= 4 is 11.7 Å². The summed E-state index contributed by atoms with van der Waals surface area (Å²) in [6.45, 7) is 1.28. The molecule has 0 bridgehead atoms. The largest absolute Gasteiger partial charge is 0.497 e. The fraction of sp³-hybridized carbons (Fsp3) is 0.350. The van der Waals surface area contributed by atoms with Gasteiger partial charge in [0, 0.05) is 19.3 Å². The lowest BCUT2D eigenvalue weighted by Crippen LogP contribution is -2.34. The van der Waals surface area contributed by atoms with Gasteiger partial charge in [0.15, 0.2) is 0 Å². The van der Waals surface area contributed by atoms with Crippen LogP contribution >= 0.6 is 0 Å². The second-order valence-corrected chi connectivity index (χ2v) is 6.19. The molecule has 5 heteroatoms. The number of anilines is 1. The van der Waals surface area contributed by atoms with Crippen molar-refractivity contribution in [3.63, 3.8) is 0 Å². The Bertz CT molecular complexity index is 732. The first kappa shape index (κ1) is 17.3. The summed E-state index contributed by atoms with van der Waals surface area (Å²) in [7, 11) is 3.32. The highest BCUT2D eigenvalue weighted by Gasteiger charge is 2.30. The van der Waals surface area contributed by atoms with Gasteiger partial charge in [-0.25, -0.2) is 4.79 Å². The summed E-state index contributed by atoms with van der Waals surface area (Å²) in [6, 6.07) is 15.7. The number of hydrogen-bond acceptors (Lipinski definition) is 3. The molecule has 2 aromatic carbocycles. The van der Waals surface area contributed by atoms with Crippen LogP contribution in [0.4, 0.5) is 10.5 Å². The highest BCUT2D eigenvalue weighted by atomic mass is 16.5. The number of methoxy groups -OCH3 is 2. The third-order valence-corrected chi connectivity index (χ3v) is 4.48. The molecule has 2 aromatic rings. The fourth-order valence-electron chi connectivity index (χ4n) is 3.31. The van der Waals surface area contributed by atoms with E-state index in [-0.39, 0.29) is 12.1 Å². The summed E-state index contributed by atoms with van der Waals surface area (Å²) in [5, 5.41) is 3.01. The van der Waals surface area contributed by atoms with Crippen LogP contribution in [0.25, 0.3) is 0 Å². The zero-order valence-electron chi connectivity index (χ0n) is 14.7. The molecule has 1 saturated heterocycles. The standard InChI is InChI=1S/C20H24N2O3/c1-24-14-15-6-3-8-17(12-15)21-20(23)22-11-5-10-19(22)16-7-4-9-18(13-16)25-2/h3-4,6-9,12-13,19H,5,10-11,14H2,1-2H3,(H,21,23). The van der Waals surface area contributed by atoms with E-state index in [9.17, 15) is 4.79 Å². The van der Waals surface area contributed by atoms with E-state index in [2.05, 4.69) is 11.4 Å².